The Hall–Kier alpha value is -3.82. The summed E-state index contributed by atoms with van der Waals surface area (Å²) in [5, 5.41) is 2.78. The molecule has 4 rings (SSSR count). The van der Waals surface area contributed by atoms with Gasteiger partial charge in [0, 0.05) is 11.3 Å². The number of hydrogen-bond acceptors (Lipinski definition) is 7. The van der Waals surface area contributed by atoms with Crippen molar-refractivity contribution in [3.05, 3.63) is 83.3 Å². The maximum atomic E-state index is 13.1. The van der Waals surface area contributed by atoms with Gasteiger partial charge in [-0.25, -0.2) is 0 Å². The molecule has 0 aromatic heterocycles. The van der Waals surface area contributed by atoms with Crippen LogP contribution in [0, 0.1) is 0 Å². The summed E-state index contributed by atoms with van der Waals surface area (Å²) in [6.07, 6.45) is 1.72. The molecule has 35 heavy (non-hydrogen) atoms. The number of benzene rings is 3. The van der Waals surface area contributed by atoms with Crippen molar-refractivity contribution < 1.29 is 23.8 Å². The van der Waals surface area contributed by atoms with E-state index in [4.69, 9.17) is 26.4 Å². The molecule has 1 fully saturated rings. The molecule has 0 aliphatic carbocycles. The highest BCUT2D eigenvalue weighted by molar-refractivity contribution is 8.27. The van der Waals surface area contributed by atoms with Gasteiger partial charge in [0.05, 0.1) is 24.8 Å². The van der Waals surface area contributed by atoms with E-state index >= 15 is 0 Å². The second kappa shape index (κ2) is 11.1. The second-order valence-electron chi connectivity index (χ2n) is 7.32. The second-order valence-corrected chi connectivity index (χ2v) is 8.99. The fourth-order valence-corrected chi connectivity index (χ4v) is 4.60. The summed E-state index contributed by atoms with van der Waals surface area (Å²) in [5.74, 6) is 1.34. The van der Waals surface area contributed by atoms with E-state index in [2.05, 4.69) is 5.32 Å². The number of thiocarbonyl (C=S) groups is 1. The molecule has 1 saturated heterocycles. The van der Waals surface area contributed by atoms with Gasteiger partial charge in [-0.1, -0.05) is 42.2 Å². The molecule has 1 N–H and O–H groups in total. The number of rotatable bonds is 8. The number of methoxy groups -OCH3 is 2. The number of carbonyl (C=O) groups is 2. The van der Waals surface area contributed by atoms with Crippen LogP contribution in [-0.2, 0) is 9.59 Å². The average Bonchev–Trinajstić information content (AvgIpc) is 3.16. The Morgan fingerprint density at radius 3 is 2.26 bits per heavy atom. The summed E-state index contributed by atoms with van der Waals surface area (Å²) in [7, 11) is 3.16. The van der Waals surface area contributed by atoms with E-state index in [0.29, 0.717) is 43.4 Å². The van der Waals surface area contributed by atoms with E-state index < -0.39 is 0 Å². The highest BCUT2D eigenvalue weighted by Crippen LogP contribution is 2.37. The van der Waals surface area contributed by atoms with Crippen molar-refractivity contribution in [2.45, 2.75) is 0 Å². The van der Waals surface area contributed by atoms with Crippen LogP contribution in [0.25, 0.3) is 6.08 Å². The fourth-order valence-electron chi connectivity index (χ4n) is 3.31. The Bertz CT molecular complexity index is 1270. The molecule has 1 aliphatic rings. The van der Waals surface area contributed by atoms with Crippen LogP contribution in [0.5, 0.6) is 17.2 Å². The number of para-hydroxylation sites is 1. The lowest BCUT2D eigenvalue weighted by molar-refractivity contribution is -0.118. The zero-order valence-electron chi connectivity index (χ0n) is 19.0. The van der Waals surface area contributed by atoms with Crippen LogP contribution >= 0.6 is 24.0 Å². The van der Waals surface area contributed by atoms with Crippen LogP contribution in [0.4, 0.5) is 11.4 Å². The molecule has 0 atom stereocenters. The lowest BCUT2D eigenvalue weighted by Crippen LogP contribution is -2.27. The molecule has 0 radical (unpaired) electrons. The highest BCUT2D eigenvalue weighted by Gasteiger charge is 2.33. The van der Waals surface area contributed by atoms with Gasteiger partial charge in [0.2, 0.25) is 0 Å². The zero-order chi connectivity index (χ0) is 24.8. The van der Waals surface area contributed by atoms with E-state index in [1.54, 1.807) is 81.0 Å². The molecular formula is C26H22N2O5S2. The molecule has 0 bridgehead atoms. The lowest BCUT2D eigenvalue weighted by Gasteiger charge is -2.14. The molecule has 0 spiro atoms. The predicted octanol–water partition coefficient (Wildman–Crippen LogP) is 5.13. The summed E-state index contributed by atoms with van der Waals surface area (Å²) in [6.45, 7) is -0.191. The first-order chi connectivity index (χ1) is 17.0. The number of hydrogen-bond donors (Lipinski definition) is 1. The molecule has 1 aliphatic heterocycles. The molecule has 9 heteroatoms. The Balaban J connectivity index is 1.45. The third-order valence-electron chi connectivity index (χ3n) is 5.06. The minimum absolute atomic E-state index is 0.191. The number of ether oxygens (including phenoxy) is 3. The standard InChI is InChI=1S/C26H22N2O5S2/c1-31-20-11-7-18(8-12-20)27-24(29)16-33-22-6-4-3-5-17(22)15-23-25(30)28(26(34)35-23)19-9-13-21(32-2)14-10-19/h3-15H,16H2,1-2H3,(H,27,29)/b23-15-. The molecule has 178 valence electrons. The van der Waals surface area contributed by atoms with E-state index in [1.165, 1.54) is 16.7 Å². The van der Waals surface area contributed by atoms with Crippen LogP contribution in [-0.4, -0.2) is 37.0 Å². The summed E-state index contributed by atoms with van der Waals surface area (Å²) < 4.78 is 16.5. The van der Waals surface area contributed by atoms with Crippen molar-refractivity contribution >= 4 is 57.6 Å². The van der Waals surface area contributed by atoms with E-state index in [1.807, 2.05) is 12.1 Å². The van der Waals surface area contributed by atoms with E-state index in [0.717, 1.165) is 0 Å². The van der Waals surface area contributed by atoms with Gasteiger partial charge in [0.1, 0.15) is 17.2 Å². The van der Waals surface area contributed by atoms with Crippen molar-refractivity contribution in [2.75, 3.05) is 31.0 Å². The lowest BCUT2D eigenvalue weighted by atomic mass is 10.2. The van der Waals surface area contributed by atoms with Gasteiger partial charge in [-0.05, 0) is 60.7 Å². The summed E-state index contributed by atoms with van der Waals surface area (Å²) in [6, 6.07) is 21.3. The quantitative estimate of drug-likeness (QED) is 0.335. The molecule has 7 nitrogen and oxygen atoms in total. The molecule has 0 saturated carbocycles. The van der Waals surface area contributed by atoms with Crippen molar-refractivity contribution in [3.8, 4) is 17.2 Å². The van der Waals surface area contributed by atoms with E-state index in [9.17, 15) is 9.59 Å². The third kappa shape index (κ3) is 5.82. The van der Waals surface area contributed by atoms with Gasteiger partial charge in [-0.15, -0.1) is 0 Å². The number of nitrogens with one attached hydrogen (secondary N) is 1. The van der Waals surface area contributed by atoms with Crippen LogP contribution in [0.3, 0.4) is 0 Å². The van der Waals surface area contributed by atoms with Crippen molar-refractivity contribution in [1.29, 1.82) is 0 Å². The minimum Gasteiger partial charge on any atom is -0.497 e. The molecule has 3 aromatic carbocycles. The highest BCUT2D eigenvalue weighted by atomic mass is 32.2. The Morgan fingerprint density at radius 2 is 1.60 bits per heavy atom. The maximum absolute atomic E-state index is 13.1. The molecule has 0 unspecified atom stereocenters. The minimum atomic E-state index is -0.309. The molecule has 3 aromatic rings. The largest absolute Gasteiger partial charge is 0.497 e. The summed E-state index contributed by atoms with van der Waals surface area (Å²) in [5.41, 5.74) is 1.96. The fraction of sp³-hybridized carbons (Fsp3) is 0.115. The Morgan fingerprint density at radius 1 is 0.971 bits per heavy atom. The average molecular weight is 507 g/mol. The first kappa shape index (κ1) is 24.3. The van der Waals surface area contributed by atoms with E-state index in [-0.39, 0.29) is 18.4 Å². The van der Waals surface area contributed by atoms with Gasteiger partial charge in [-0.2, -0.15) is 0 Å². The number of nitrogens with zero attached hydrogens (tertiary/aromatic N) is 1. The van der Waals surface area contributed by atoms with Crippen molar-refractivity contribution in [2.24, 2.45) is 0 Å². The molecule has 2 amide bonds. The molecule has 1 heterocycles. The normalized spacial score (nSPS) is 14.2. The summed E-state index contributed by atoms with van der Waals surface area (Å²) >= 11 is 6.67. The van der Waals surface area contributed by atoms with Gasteiger partial charge < -0.3 is 19.5 Å². The number of thioether (sulfide) groups is 1. The number of amides is 2. The Kier molecular flexibility index (Phi) is 7.69. The smallest absolute Gasteiger partial charge is 0.270 e. The van der Waals surface area contributed by atoms with Gasteiger partial charge in [0.25, 0.3) is 11.8 Å². The number of anilines is 2. The van der Waals surface area contributed by atoms with Crippen molar-refractivity contribution in [1.82, 2.24) is 0 Å². The van der Waals surface area contributed by atoms with Crippen LogP contribution < -0.4 is 24.4 Å². The first-order valence-electron chi connectivity index (χ1n) is 10.6. The third-order valence-corrected chi connectivity index (χ3v) is 6.36. The predicted molar refractivity (Wildman–Crippen MR) is 142 cm³/mol. The van der Waals surface area contributed by atoms with Crippen LogP contribution in [0.1, 0.15) is 5.56 Å². The monoisotopic (exact) mass is 506 g/mol. The van der Waals surface area contributed by atoms with Crippen molar-refractivity contribution in [3.63, 3.8) is 0 Å². The first-order valence-corrected chi connectivity index (χ1v) is 11.8. The Labute approximate surface area is 212 Å². The van der Waals surface area contributed by atoms with Crippen LogP contribution in [0.15, 0.2) is 77.7 Å². The van der Waals surface area contributed by atoms with Gasteiger partial charge in [0.15, 0.2) is 10.9 Å². The van der Waals surface area contributed by atoms with Crippen LogP contribution in [0.2, 0.25) is 0 Å². The van der Waals surface area contributed by atoms with Gasteiger partial charge >= 0.3 is 0 Å². The summed E-state index contributed by atoms with van der Waals surface area (Å²) in [4.78, 5) is 27.4. The molecular weight excluding hydrogens is 484 g/mol. The number of carbonyl (C=O) groups excluding carboxylic acids is 2. The van der Waals surface area contributed by atoms with Gasteiger partial charge in [-0.3, -0.25) is 14.5 Å². The maximum Gasteiger partial charge on any atom is 0.270 e. The topological polar surface area (TPSA) is 77.1 Å². The zero-order valence-corrected chi connectivity index (χ0v) is 20.7. The SMILES string of the molecule is COc1ccc(NC(=O)COc2ccccc2/C=C2\SC(=S)N(c3ccc(OC)cc3)C2=O)cc1.